The molecule has 0 N–H and O–H groups in total. The van der Waals surface area contributed by atoms with Gasteiger partial charge in [-0.15, -0.1) is 0 Å². The predicted octanol–water partition coefficient (Wildman–Crippen LogP) is 4.77. The predicted molar refractivity (Wildman–Crippen MR) is 74.7 cm³/mol. The highest BCUT2D eigenvalue weighted by Gasteiger charge is 2.12. The van der Waals surface area contributed by atoms with Gasteiger partial charge in [0.1, 0.15) is 0 Å². The van der Waals surface area contributed by atoms with Crippen LogP contribution in [0.4, 0.5) is 0 Å². The Hall–Kier alpha value is -0.448. The summed E-state index contributed by atoms with van der Waals surface area (Å²) >= 11 is -0.982. The molecule has 0 saturated carbocycles. The van der Waals surface area contributed by atoms with Gasteiger partial charge in [0.15, 0.2) is 0 Å². The average Bonchev–Trinajstić information content (AvgIpc) is 2.23. The van der Waals surface area contributed by atoms with Gasteiger partial charge in [0, 0.05) is 0 Å². The van der Waals surface area contributed by atoms with Crippen LogP contribution in [0.1, 0.15) is 44.7 Å². The van der Waals surface area contributed by atoms with Crippen molar-refractivity contribution >= 4 is 14.5 Å². The zero-order valence-electron chi connectivity index (χ0n) is 11.8. The molecule has 0 bridgehead atoms. The minimum Gasteiger partial charge on any atom is -0.643 e. The van der Waals surface area contributed by atoms with Crippen LogP contribution >= 0.6 is 0 Å². The van der Waals surface area contributed by atoms with Gasteiger partial charge in [0.05, 0.1) is 5.75 Å². The molecule has 0 spiro atoms. The molecule has 2 heteroatoms. The first-order valence-electron chi connectivity index (χ1n) is 6.28. The monoisotopic (exact) mass is 236 g/mol. The zero-order valence-corrected chi connectivity index (χ0v) is 12.9. The van der Waals surface area contributed by atoms with Crippen LogP contribution in [0.25, 0.3) is 0 Å². The first-order valence-corrected chi connectivity index (χ1v) is 9.06. The van der Waals surface area contributed by atoms with Crippen molar-refractivity contribution in [3.63, 3.8) is 0 Å². The third-order valence-corrected chi connectivity index (χ3v) is 2.88. The fraction of sp³-hybridized carbons (Fsp3) is 0.571. The molecule has 1 aromatic rings. The second kappa shape index (κ2) is 7.77. The van der Waals surface area contributed by atoms with Crippen LogP contribution < -0.4 is 3.79 Å². The van der Waals surface area contributed by atoms with Crippen molar-refractivity contribution in [3.05, 3.63) is 29.3 Å². The van der Waals surface area contributed by atoms with Crippen molar-refractivity contribution in [2.75, 3.05) is 0 Å². The minimum atomic E-state index is -0.982. The second-order valence-corrected chi connectivity index (χ2v) is 6.70. The molecule has 0 radical (unpaired) electrons. The van der Waals surface area contributed by atoms with Crippen molar-refractivity contribution in [2.24, 2.45) is 0 Å². The number of benzene rings is 1. The standard InChI is InChI=1S/C10H14O.C2H6.2CH3.Al/c1-7(2)9-6-8(3)4-5-10(9)11;1-2;;;/h4-7,11H,1-3H3;1-2H3;2*1H3;/q;;;;+1/p-1. The Morgan fingerprint density at radius 2 is 1.69 bits per heavy atom. The van der Waals surface area contributed by atoms with Gasteiger partial charge < -0.3 is 3.79 Å². The van der Waals surface area contributed by atoms with Crippen LogP contribution in [0, 0.1) is 6.92 Å². The molecule has 0 saturated heterocycles. The molecule has 0 amide bonds. The van der Waals surface area contributed by atoms with Crippen LogP contribution in [0.5, 0.6) is 5.75 Å². The first-order chi connectivity index (χ1) is 7.50. The van der Waals surface area contributed by atoms with E-state index in [1.54, 1.807) is 0 Å². The van der Waals surface area contributed by atoms with Crippen LogP contribution in [0.15, 0.2) is 18.2 Å². The van der Waals surface area contributed by atoms with E-state index in [1.165, 1.54) is 11.1 Å². The maximum absolute atomic E-state index is 5.90. The lowest BCUT2D eigenvalue weighted by Crippen LogP contribution is -2.13. The number of aryl methyl sites for hydroxylation is 1. The molecule has 0 fully saturated rings. The molecule has 90 valence electrons. The zero-order chi connectivity index (χ0) is 12.7. The van der Waals surface area contributed by atoms with Crippen LogP contribution in [-0.2, 0) is 0 Å². The summed E-state index contributed by atoms with van der Waals surface area (Å²) in [6.07, 6.45) is 0. The quantitative estimate of drug-likeness (QED) is 0.686. The van der Waals surface area contributed by atoms with Gasteiger partial charge in [-0.25, -0.2) is 0 Å². The normalized spacial score (nSPS) is 9.50. The van der Waals surface area contributed by atoms with E-state index in [9.17, 15) is 0 Å². The average molecular weight is 236 g/mol. The third kappa shape index (κ3) is 5.06. The van der Waals surface area contributed by atoms with E-state index in [4.69, 9.17) is 3.79 Å². The molecule has 0 atom stereocenters. The van der Waals surface area contributed by atoms with Crippen molar-refractivity contribution in [2.45, 2.75) is 52.1 Å². The van der Waals surface area contributed by atoms with Crippen molar-refractivity contribution in [1.29, 1.82) is 0 Å². The summed E-state index contributed by atoms with van der Waals surface area (Å²) in [7, 11) is 0. The fourth-order valence-corrected chi connectivity index (χ4v) is 2.20. The summed E-state index contributed by atoms with van der Waals surface area (Å²) in [6, 6.07) is 6.46. The van der Waals surface area contributed by atoms with E-state index in [2.05, 4.69) is 50.5 Å². The van der Waals surface area contributed by atoms with Gasteiger partial charge in [-0.3, -0.25) is 0 Å². The summed E-state index contributed by atoms with van der Waals surface area (Å²) in [6.45, 7) is 10.6. The Bertz CT molecular complexity index is 306. The molecule has 0 unspecified atom stereocenters. The van der Waals surface area contributed by atoms with Crippen LogP contribution in [0.3, 0.4) is 0 Å². The van der Waals surface area contributed by atoms with E-state index in [0.29, 0.717) is 5.92 Å². The van der Waals surface area contributed by atoms with E-state index >= 15 is 0 Å². The minimum absolute atomic E-state index is 0.539. The van der Waals surface area contributed by atoms with Gasteiger partial charge in [-0.1, -0.05) is 57.0 Å². The molecule has 16 heavy (non-hydrogen) atoms. The molecule has 0 heterocycles. The molecular formula is C14H25AlO. The molecule has 0 aliphatic rings. The van der Waals surface area contributed by atoms with E-state index in [-0.39, 0.29) is 0 Å². The van der Waals surface area contributed by atoms with Gasteiger partial charge in [0.2, 0.25) is 0 Å². The van der Waals surface area contributed by atoms with Gasteiger partial charge >= 0.3 is 14.5 Å². The largest absolute Gasteiger partial charge is 0.643 e. The highest BCUT2D eigenvalue weighted by Crippen LogP contribution is 2.27. The van der Waals surface area contributed by atoms with Crippen molar-refractivity contribution in [1.82, 2.24) is 0 Å². The first kappa shape index (κ1) is 15.6. The number of hydrogen-bond donors (Lipinski definition) is 0. The molecule has 0 aliphatic heterocycles. The van der Waals surface area contributed by atoms with Crippen LogP contribution in [-0.4, -0.2) is 14.5 Å². The van der Waals surface area contributed by atoms with E-state index in [0.717, 1.165) is 5.75 Å². The maximum Gasteiger partial charge on any atom is 0.540 e. The summed E-state index contributed by atoms with van der Waals surface area (Å²) < 4.78 is 5.90. The van der Waals surface area contributed by atoms with Gasteiger partial charge in [-0.2, -0.15) is 0 Å². The Kier molecular flexibility index (Phi) is 7.55. The SMILES string of the molecule is CC.Cc1ccc([O][Al]([CH3])[CH3])c(C(C)C)c1. The topological polar surface area (TPSA) is 9.23 Å². The summed E-state index contributed by atoms with van der Waals surface area (Å²) in [4.78, 5) is 0. The fourth-order valence-electron chi connectivity index (χ4n) is 1.48. The highest BCUT2D eigenvalue weighted by molar-refractivity contribution is 6.49. The number of hydrogen-bond acceptors (Lipinski definition) is 1. The lowest BCUT2D eigenvalue weighted by molar-refractivity contribution is 0.565. The smallest absolute Gasteiger partial charge is 0.540 e. The summed E-state index contributed by atoms with van der Waals surface area (Å²) in [5, 5.41) is 0. The summed E-state index contributed by atoms with van der Waals surface area (Å²) in [5.74, 6) is 6.03. The van der Waals surface area contributed by atoms with Crippen molar-refractivity contribution < 1.29 is 3.79 Å². The number of rotatable bonds is 3. The Labute approximate surface area is 106 Å². The Morgan fingerprint density at radius 3 is 2.12 bits per heavy atom. The van der Waals surface area contributed by atoms with Crippen molar-refractivity contribution in [3.8, 4) is 5.75 Å². The molecule has 1 nitrogen and oxygen atoms in total. The lowest BCUT2D eigenvalue weighted by atomic mass is 10.0. The van der Waals surface area contributed by atoms with Crippen LogP contribution in [0.2, 0.25) is 11.6 Å². The molecule has 0 aromatic heterocycles. The lowest BCUT2D eigenvalue weighted by Gasteiger charge is -2.17. The third-order valence-electron chi connectivity index (χ3n) is 2.15. The maximum atomic E-state index is 5.90. The van der Waals surface area contributed by atoms with E-state index < -0.39 is 14.5 Å². The molecule has 1 rings (SSSR count). The highest BCUT2D eigenvalue weighted by atomic mass is 27.2. The second-order valence-electron chi connectivity index (χ2n) is 4.36. The molecule has 0 aliphatic carbocycles. The van der Waals surface area contributed by atoms with E-state index in [1.807, 2.05) is 13.8 Å². The Balaban J connectivity index is 0.00000106. The molecule has 1 aromatic carbocycles. The Morgan fingerprint density at radius 1 is 1.12 bits per heavy atom. The van der Waals surface area contributed by atoms with Gasteiger partial charge in [-0.05, 0) is 24.5 Å². The molecular weight excluding hydrogens is 211 g/mol. The summed E-state index contributed by atoms with van der Waals surface area (Å²) in [5.41, 5.74) is 2.65. The van der Waals surface area contributed by atoms with Gasteiger partial charge in [0.25, 0.3) is 0 Å².